The van der Waals surface area contributed by atoms with Gasteiger partial charge in [0.25, 0.3) is 0 Å². The molecule has 0 saturated carbocycles. The Balaban J connectivity index is 2.35. The van der Waals surface area contributed by atoms with Crippen molar-refractivity contribution in [2.45, 2.75) is 0 Å². The summed E-state index contributed by atoms with van der Waals surface area (Å²) in [7, 11) is 0. The average molecular weight is 188 g/mol. The summed E-state index contributed by atoms with van der Waals surface area (Å²) < 4.78 is 0. The predicted molar refractivity (Wildman–Crippen MR) is 48.1 cm³/mol. The number of hydrogen-bond donors (Lipinski definition) is 1. The molecule has 0 aliphatic carbocycles. The molecule has 0 radical (unpaired) electrons. The summed E-state index contributed by atoms with van der Waals surface area (Å²) in [5, 5.41) is 0. The van der Waals surface area contributed by atoms with Gasteiger partial charge in [-0.25, -0.2) is 0 Å². The van der Waals surface area contributed by atoms with Crippen molar-refractivity contribution in [1.82, 2.24) is 9.80 Å². The van der Waals surface area contributed by atoms with Crippen LogP contribution >= 0.6 is 12.6 Å². The molecular formula is C7H12N2O2S. The quantitative estimate of drug-likeness (QED) is 0.456. The monoisotopic (exact) mass is 188 g/mol. The Labute approximate surface area is 76.9 Å². The maximum Gasteiger partial charge on any atom is 0.232 e. The van der Waals surface area contributed by atoms with E-state index in [0.29, 0.717) is 26.2 Å². The van der Waals surface area contributed by atoms with Crippen molar-refractivity contribution in [2.75, 3.05) is 31.9 Å². The van der Waals surface area contributed by atoms with Crippen molar-refractivity contribution in [3.63, 3.8) is 0 Å². The molecule has 4 nitrogen and oxygen atoms in total. The lowest BCUT2D eigenvalue weighted by atomic mass is 10.3. The Bertz CT molecular complexity index is 178. The van der Waals surface area contributed by atoms with Crippen LogP contribution < -0.4 is 0 Å². The molecule has 0 atom stereocenters. The van der Waals surface area contributed by atoms with Gasteiger partial charge in [0.15, 0.2) is 0 Å². The molecule has 12 heavy (non-hydrogen) atoms. The number of nitrogens with zero attached hydrogens (tertiary/aromatic N) is 2. The van der Waals surface area contributed by atoms with Crippen LogP contribution in [-0.2, 0) is 9.59 Å². The van der Waals surface area contributed by atoms with E-state index in [-0.39, 0.29) is 11.7 Å². The summed E-state index contributed by atoms with van der Waals surface area (Å²) in [5.74, 6) is 0.296. The minimum absolute atomic E-state index is 0.0453. The highest BCUT2D eigenvalue weighted by Gasteiger charge is 2.18. The highest BCUT2D eigenvalue weighted by molar-refractivity contribution is 7.81. The molecule has 1 fully saturated rings. The highest BCUT2D eigenvalue weighted by atomic mass is 32.1. The lowest BCUT2D eigenvalue weighted by Crippen LogP contribution is -2.48. The summed E-state index contributed by atoms with van der Waals surface area (Å²) in [4.78, 5) is 24.8. The van der Waals surface area contributed by atoms with E-state index >= 15 is 0 Å². The van der Waals surface area contributed by atoms with Crippen LogP contribution in [-0.4, -0.2) is 54.0 Å². The average Bonchev–Trinajstić information content (AvgIpc) is 2.17. The summed E-state index contributed by atoms with van der Waals surface area (Å²) in [5.41, 5.74) is 0. The lowest BCUT2D eigenvalue weighted by molar-refractivity contribution is -0.132. The SMILES string of the molecule is O=CN1CCN(C(=O)CS)CC1. The molecule has 0 N–H and O–H groups in total. The van der Waals surface area contributed by atoms with E-state index < -0.39 is 0 Å². The minimum Gasteiger partial charge on any atom is -0.342 e. The van der Waals surface area contributed by atoms with Gasteiger partial charge in [-0.1, -0.05) is 0 Å². The van der Waals surface area contributed by atoms with Gasteiger partial charge in [-0.2, -0.15) is 12.6 Å². The molecular weight excluding hydrogens is 176 g/mol. The van der Waals surface area contributed by atoms with E-state index in [9.17, 15) is 9.59 Å². The van der Waals surface area contributed by atoms with E-state index in [4.69, 9.17) is 0 Å². The predicted octanol–water partition coefficient (Wildman–Crippen LogP) is -0.783. The van der Waals surface area contributed by atoms with Gasteiger partial charge < -0.3 is 9.80 Å². The molecule has 1 aliphatic rings. The molecule has 0 aromatic carbocycles. The zero-order valence-corrected chi connectivity index (χ0v) is 7.67. The third-order valence-electron chi connectivity index (χ3n) is 1.95. The Morgan fingerprint density at radius 3 is 2.33 bits per heavy atom. The maximum atomic E-state index is 11.1. The van der Waals surface area contributed by atoms with Crippen molar-refractivity contribution in [3.8, 4) is 0 Å². The van der Waals surface area contributed by atoms with Crippen LogP contribution in [0.2, 0.25) is 0 Å². The molecule has 0 aromatic rings. The lowest BCUT2D eigenvalue weighted by Gasteiger charge is -2.32. The van der Waals surface area contributed by atoms with Crippen LogP contribution in [0, 0.1) is 0 Å². The summed E-state index contributed by atoms with van der Waals surface area (Å²) in [6.45, 7) is 2.56. The first-order valence-electron chi connectivity index (χ1n) is 3.86. The number of thiol groups is 1. The summed E-state index contributed by atoms with van der Waals surface area (Å²) in [6, 6.07) is 0. The molecule has 0 spiro atoms. The number of carbonyl (C=O) groups is 2. The van der Waals surface area contributed by atoms with E-state index in [2.05, 4.69) is 12.6 Å². The van der Waals surface area contributed by atoms with Gasteiger partial charge in [-0.05, 0) is 0 Å². The molecule has 1 aliphatic heterocycles. The second kappa shape index (κ2) is 4.35. The Kier molecular flexibility index (Phi) is 3.40. The number of piperazine rings is 1. The first-order valence-corrected chi connectivity index (χ1v) is 4.49. The molecule has 1 rings (SSSR count). The standard InChI is InChI=1S/C7H12N2O2S/c10-6-8-1-3-9(4-2-8)7(11)5-12/h6,12H,1-5H2. The number of rotatable bonds is 2. The van der Waals surface area contributed by atoms with E-state index in [0.717, 1.165) is 6.41 Å². The van der Waals surface area contributed by atoms with Crippen LogP contribution in [0.25, 0.3) is 0 Å². The van der Waals surface area contributed by atoms with Gasteiger partial charge in [0.05, 0.1) is 5.75 Å². The molecule has 2 amide bonds. The first kappa shape index (κ1) is 9.38. The van der Waals surface area contributed by atoms with Gasteiger partial charge >= 0.3 is 0 Å². The van der Waals surface area contributed by atoms with Crippen LogP contribution in [0.5, 0.6) is 0 Å². The topological polar surface area (TPSA) is 40.6 Å². The highest BCUT2D eigenvalue weighted by Crippen LogP contribution is 2.00. The van der Waals surface area contributed by atoms with Gasteiger partial charge in [0, 0.05) is 26.2 Å². The Morgan fingerprint density at radius 2 is 1.92 bits per heavy atom. The summed E-state index contributed by atoms with van der Waals surface area (Å²) in [6.07, 6.45) is 0.822. The Morgan fingerprint density at radius 1 is 1.33 bits per heavy atom. The number of amides is 2. The van der Waals surface area contributed by atoms with Gasteiger partial charge in [-0.15, -0.1) is 0 Å². The number of hydrogen-bond acceptors (Lipinski definition) is 3. The van der Waals surface area contributed by atoms with Gasteiger partial charge in [0.2, 0.25) is 12.3 Å². The molecule has 68 valence electrons. The largest absolute Gasteiger partial charge is 0.342 e. The van der Waals surface area contributed by atoms with Crippen molar-refractivity contribution in [2.24, 2.45) is 0 Å². The Hall–Kier alpha value is -0.710. The minimum atomic E-state index is 0.0453. The molecule has 0 unspecified atom stereocenters. The fraction of sp³-hybridized carbons (Fsp3) is 0.714. The van der Waals surface area contributed by atoms with Crippen molar-refractivity contribution in [1.29, 1.82) is 0 Å². The van der Waals surface area contributed by atoms with E-state index in [1.807, 2.05) is 0 Å². The van der Waals surface area contributed by atoms with Gasteiger partial charge in [-0.3, -0.25) is 9.59 Å². The van der Waals surface area contributed by atoms with Crippen molar-refractivity contribution >= 4 is 24.9 Å². The second-order valence-corrected chi connectivity index (χ2v) is 3.00. The van der Waals surface area contributed by atoms with Crippen LogP contribution in [0.1, 0.15) is 0 Å². The zero-order valence-electron chi connectivity index (χ0n) is 6.77. The van der Waals surface area contributed by atoms with Crippen LogP contribution in [0.4, 0.5) is 0 Å². The fourth-order valence-corrected chi connectivity index (χ4v) is 1.38. The second-order valence-electron chi connectivity index (χ2n) is 2.68. The zero-order chi connectivity index (χ0) is 8.97. The molecule has 0 aromatic heterocycles. The normalized spacial score (nSPS) is 17.8. The van der Waals surface area contributed by atoms with Gasteiger partial charge in [0.1, 0.15) is 0 Å². The molecule has 1 heterocycles. The third kappa shape index (κ3) is 2.14. The third-order valence-corrected chi connectivity index (χ3v) is 2.22. The smallest absolute Gasteiger partial charge is 0.232 e. The fourth-order valence-electron chi connectivity index (χ4n) is 1.18. The van der Waals surface area contributed by atoms with E-state index in [1.54, 1.807) is 9.80 Å². The molecule has 5 heteroatoms. The van der Waals surface area contributed by atoms with Crippen molar-refractivity contribution in [3.05, 3.63) is 0 Å². The molecule has 0 bridgehead atoms. The maximum absolute atomic E-state index is 11.1. The first-order chi connectivity index (χ1) is 5.77. The van der Waals surface area contributed by atoms with Crippen molar-refractivity contribution < 1.29 is 9.59 Å². The van der Waals surface area contributed by atoms with Crippen LogP contribution in [0.15, 0.2) is 0 Å². The van der Waals surface area contributed by atoms with E-state index in [1.165, 1.54) is 0 Å². The number of carbonyl (C=O) groups excluding carboxylic acids is 2. The van der Waals surface area contributed by atoms with Crippen LogP contribution in [0.3, 0.4) is 0 Å². The molecule has 1 saturated heterocycles. The summed E-state index contributed by atoms with van der Waals surface area (Å²) >= 11 is 3.90.